The molecular formula is C20H17Cl2N3O2. The molecule has 0 fully saturated rings. The molecule has 0 aliphatic carbocycles. The summed E-state index contributed by atoms with van der Waals surface area (Å²) in [6.07, 6.45) is 0.756. The lowest BCUT2D eigenvalue weighted by Crippen LogP contribution is -2.44. The fraction of sp³-hybridized carbons (Fsp3) is 0.200. The number of nitrogens with zero attached hydrogens (tertiary/aromatic N) is 1. The number of urea groups is 1. The van der Waals surface area contributed by atoms with Gasteiger partial charge in [-0.05, 0) is 29.7 Å². The minimum atomic E-state index is -0.544. The van der Waals surface area contributed by atoms with Crippen LogP contribution in [0.4, 0.5) is 4.79 Å². The normalized spacial score (nSPS) is 19.0. The van der Waals surface area contributed by atoms with Crippen molar-refractivity contribution in [2.75, 3.05) is 13.1 Å². The summed E-state index contributed by atoms with van der Waals surface area (Å²) in [4.78, 5) is 26.9. The van der Waals surface area contributed by atoms with E-state index in [0.29, 0.717) is 34.4 Å². The molecule has 2 aliphatic heterocycles. The Balaban J connectivity index is 1.57. The number of carbonyl (C=O) groups excluding carboxylic acids is 2. The second-order valence-corrected chi connectivity index (χ2v) is 7.37. The summed E-state index contributed by atoms with van der Waals surface area (Å²) >= 11 is 12.1. The summed E-state index contributed by atoms with van der Waals surface area (Å²) in [5, 5.41) is 6.40. The molecule has 0 bridgehead atoms. The van der Waals surface area contributed by atoms with Gasteiger partial charge in [0.25, 0.3) is 5.91 Å². The van der Waals surface area contributed by atoms with Crippen molar-refractivity contribution in [2.24, 2.45) is 0 Å². The predicted molar refractivity (Wildman–Crippen MR) is 105 cm³/mol. The van der Waals surface area contributed by atoms with Gasteiger partial charge in [-0.25, -0.2) is 4.79 Å². The zero-order valence-electron chi connectivity index (χ0n) is 14.3. The fourth-order valence-electron chi connectivity index (χ4n) is 3.46. The molecule has 0 aromatic heterocycles. The van der Waals surface area contributed by atoms with Crippen molar-refractivity contribution in [3.63, 3.8) is 0 Å². The smallest absolute Gasteiger partial charge is 0.319 e. The van der Waals surface area contributed by atoms with Crippen LogP contribution in [0, 0.1) is 0 Å². The maximum Gasteiger partial charge on any atom is 0.319 e. The van der Waals surface area contributed by atoms with Gasteiger partial charge >= 0.3 is 6.03 Å². The second-order valence-electron chi connectivity index (χ2n) is 6.56. The van der Waals surface area contributed by atoms with Gasteiger partial charge in [-0.3, -0.25) is 4.79 Å². The molecule has 0 unspecified atom stereocenters. The average Bonchev–Trinajstić information content (AvgIpc) is 2.98. The zero-order chi connectivity index (χ0) is 19.0. The highest BCUT2D eigenvalue weighted by Gasteiger charge is 2.40. The molecule has 3 amide bonds. The molecule has 2 aromatic rings. The topological polar surface area (TPSA) is 61.4 Å². The number of carbonyl (C=O) groups is 2. The average molecular weight is 402 g/mol. The van der Waals surface area contributed by atoms with Crippen LogP contribution in [0.2, 0.25) is 10.0 Å². The van der Waals surface area contributed by atoms with Crippen molar-refractivity contribution in [2.45, 2.75) is 12.5 Å². The monoisotopic (exact) mass is 401 g/mol. The van der Waals surface area contributed by atoms with Crippen molar-refractivity contribution in [1.29, 1.82) is 0 Å². The van der Waals surface area contributed by atoms with Crippen molar-refractivity contribution in [1.82, 2.24) is 15.5 Å². The third-order valence-electron chi connectivity index (χ3n) is 4.81. The molecule has 0 radical (unpaired) electrons. The van der Waals surface area contributed by atoms with Crippen LogP contribution < -0.4 is 10.6 Å². The lowest BCUT2D eigenvalue weighted by molar-refractivity contribution is -0.125. The number of nitrogens with one attached hydrogen (secondary N) is 2. The Labute approximate surface area is 166 Å². The van der Waals surface area contributed by atoms with Crippen LogP contribution in [-0.2, 0) is 11.2 Å². The zero-order valence-corrected chi connectivity index (χ0v) is 15.8. The van der Waals surface area contributed by atoms with Crippen molar-refractivity contribution < 1.29 is 9.59 Å². The summed E-state index contributed by atoms with van der Waals surface area (Å²) in [5.74, 6) is -0.0792. The highest BCUT2D eigenvalue weighted by atomic mass is 35.5. The number of hydrogen-bond donors (Lipinski definition) is 2. The van der Waals surface area contributed by atoms with E-state index < -0.39 is 6.04 Å². The summed E-state index contributed by atoms with van der Waals surface area (Å²) in [5.41, 5.74) is 3.09. The van der Waals surface area contributed by atoms with Crippen LogP contribution in [0.5, 0.6) is 0 Å². The van der Waals surface area contributed by atoms with E-state index >= 15 is 0 Å². The first-order valence-corrected chi connectivity index (χ1v) is 9.37. The lowest BCUT2D eigenvalue weighted by atomic mass is 9.96. The van der Waals surface area contributed by atoms with Crippen molar-refractivity contribution in [3.05, 3.63) is 81.0 Å². The van der Waals surface area contributed by atoms with Crippen LogP contribution in [0.3, 0.4) is 0 Å². The van der Waals surface area contributed by atoms with E-state index in [9.17, 15) is 9.59 Å². The Morgan fingerprint density at radius 3 is 2.56 bits per heavy atom. The summed E-state index contributed by atoms with van der Waals surface area (Å²) in [6, 6.07) is 14.3. The minimum absolute atomic E-state index is 0.0792. The number of rotatable bonds is 4. The second kappa shape index (κ2) is 7.25. The number of benzene rings is 2. The summed E-state index contributed by atoms with van der Waals surface area (Å²) < 4.78 is 0. The highest BCUT2D eigenvalue weighted by molar-refractivity contribution is 6.42. The SMILES string of the molecule is O=C1NC2=C(C(=O)N(CCc3ccccc3)C2)[C@@H](c2ccc(Cl)c(Cl)c2)N1. The molecule has 0 saturated heterocycles. The molecule has 0 spiro atoms. The maximum absolute atomic E-state index is 13.0. The first-order valence-electron chi connectivity index (χ1n) is 8.61. The van der Waals surface area contributed by atoms with Gasteiger partial charge in [-0.2, -0.15) is 0 Å². The molecule has 2 N–H and O–H groups in total. The van der Waals surface area contributed by atoms with Crippen LogP contribution in [0.15, 0.2) is 59.8 Å². The summed E-state index contributed by atoms with van der Waals surface area (Å²) in [6.45, 7) is 0.978. The molecule has 2 aliphatic rings. The molecule has 4 rings (SSSR count). The first kappa shape index (κ1) is 17.9. The molecular weight excluding hydrogens is 385 g/mol. The summed E-state index contributed by atoms with van der Waals surface area (Å²) in [7, 11) is 0. The Hall–Kier alpha value is -2.50. The molecule has 2 heterocycles. The van der Waals surface area contributed by atoms with E-state index in [2.05, 4.69) is 10.6 Å². The molecule has 2 aromatic carbocycles. The van der Waals surface area contributed by atoms with Gasteiger partial charge in [0.1, 0.15) is 0 Å². The number of amides is 3. The molecule has 1 atom stereocenters. The molecule has 5 nitrogen and oxygen atoms in total. The van der Waals surface area contributed by atoms with E-state index in [1.807, 2.05) is 30.3 Å². The lowest BCUT2D eigenvalue weighted by Gasteiger charge is -2.25. The standard InChI is InChI=1S/C20H17Cl2N3O2/c21-14-7-6-13(10-15(14)22)18-17-16(23-20(27)24-18)11-25(19(17)26)9-8-12-4-2-1-3-5-12/h1-7,10,18H,8-9,11H2,(H2,23,24,27)/t18-/m1/s1. The van der Waals surface area contributed by atoms with Gasteiger partial charge in [0, 0.05) is 6.54 Å². The van der Waals surface area contributed by atoms with Crippen LogP contribution in [0.1, 0.15) is 17.2 Å². The van der Waals surface area contributed by atoms with Gasteiger partial charge < -0.3 is 15.5 Å². The minimum Gasteiger partial charge on any atom is -0.333 e. The Bertz CT molecular complexity index is 943. The number of halogens is 2. The third kappa shape index (κ3) is 3.53. The van der Waals surface area contributed by atoms with Crippen molar-refractivity contribution >= 4 is 35.1 Å². The molecule has 27 heavy (non-hydrogen) atoms. The fourth-order valence-corrected chi connectivity index (χ4v) is 3.77. The van der Waals surface area contributed by atoms with Gasteiger partial charge in [-0.15, -0.1) is 0 Å². The van der Waals surface area contributed by atoms with Gasteiger partial charge in [-0.1, -0.05) is 59.6 Å². The number of hydrogen-bond acceptors (Lipinski definition) is 2. The van der Waals surface area contributed by atoms with E-state index in [4.69, 9.17) is 23.2 Å². The van der Waals surface area contributed by atoms with Gasteiger partial charge in [0.2, 0.25) is 0 Å². The largest absolute Gasteiger partial charge is 0.333 e. The van der Waals surface area contributed by atoms with E-state index in [0.717, 1.165) is 12.0 Å². The van der Waals surface area contributed by atoms with E-state index in [1.54, 1.807) is 23.1 Å². The van der Waals surface area contributed by atoms with Crippen LogP contribution in [-0.4, -0.2) is 29.9 Å². The Morgan fingerprint density at radius 2 is 1.81 bits per heavy atom. The molecule has 7 heteroatoms. The molecule has 0 saturated carbocycles. The van der Waals surface area contributed by atoms with Gasteiger partial charge in [0.15, 0.2) is 0 Å². The predicted octanol–water partition coefficient (Wildman–Crippen LogP) is 3.69. The highest BCUT2D eigenvalue weighted by Crippen LogP contribution is 2.35. The third-order valence-corrected chi connectivity index (χ3v) is 5.55. The van der Waals surface area contributed by atoms with Crippen LogP contribution in [0.25, 0.3) is 0 Å². The van der Waals surface area contributed by atoms with Crippen molar-refractivity contribution in [3.8, 4) is 0 Å². The van der Waals surface area contributed by atoms with Gasteiger partial charge in [0.05, 0.1) is 33.9 Å². The Morgan fingerprint density at radius 1 is 1.04 bits per heavy atom. The van der Waals surface area contributed by atoms with Crippen LogP contribution >= 0.6 is 23.2 Å². The molecule has 138 valence electrons. The maximum atomic E-state index is 13.0. The van der Waals surface area contributed by atoms with E-state index in [-0.39, 0.29) is 11.9 Å². The van der Waals surface area contributed by atoms with E-state index in [1.165, 1.54) is 5.56 Å². The Kier molecular flexibility index (Phi) is 4.81. The first-order chi connectivity index (χ1) is 13.0. The quantitative estimate of drug-likeness (QED) is 0.820.